The first-order valence-corrected chi connectivity index (χ1v) is 7.17. The molecule has 6 nitrogen and oxygen atoms in total. The first-order valence-electron chi connectivity index (χ1n) is 5.97. The van der Waals surface area contributed by atoms with E-state index in [0.29, 0.717) is 15.6 Å². The summed E-state index contributed by atoms with van der Waals surface area (Å²) >= 11 is 6.92. The maximum Gasteiger partial charge on any atom is 0.413 e. The molecule has 0 radical (unpaired) electrons. The maximum atomic E-state index is 11.7. The van der Waals surface area contributed by atoms with Gasteiger partial charge in [-0.15, -0.1) is 0 Å². The van der Waals surface area contributed by atoms with Crippen LogP contribution in [-0.4, -0.2) is 21.0 Å². The summed E-state index contributed by atoms with van der Waals surface area (Å²) in [6.45, 7) is 0.194. The van der Waals surface area contributed by atoms with E-state index in [-0.39, 0.29) is 11.8 Å². The molecular formula is C13H9ClN4O2S. The van der Waals surface area contributed by atoms with Crippen LogP contribution in [0.1, 0.15) is 5.56 Å². The highest BCUT2D eigenvalue weighted by Crippen LogP contribution is 2.23. The first-order chi connectivity index (χ1) is 10.2. The van der Waals surface area contributed by atoms with Crippen molar-refractivity contribution in [3.63, 3.8) is 0 Å². The molecule has 0 fully saturated rings. The molecule has 0 atom stereocenters. The van der Waals surface area contributed by atoms with Gasteiger partial charge in [0.1, 0.15) is 11.8 Å². The molecule has 0 aliphatic rings. The third-order valence-electron chi connectivity index (χ3n) is 2.52. The molecule has 0 saturated carbocycles. The van der Waals surface area contributed by atoms with E-state index in [0.717, 1.165) is 5.56 Å². The van der Waals surface area contributed by atoms with Gasteiger partial charge in [-0.1, -0.05) is 53.3 Å². The van der Waals surface area contributed by atoms with Gasteiger partial charge in [0.25, 0.3) is 0 Å². The van der Waals surface area contributed by atoms with Gasteiger partial charge in [-0.2, -0.15) is 4.98 Å². The third kappa shape index (κ3) is 3.45. The highest BCUT2D eigenvalue weighted by Gasteiger charge is 2.10. The number of benzene rings is 1. The van der Waals surface area contributed by atoms with Crippen LogP contribution in [0.3, 0.4) is 0 Å². The molecule has 21 heavy (non-hydrogen) atoms. The van der Waals surface area contributed by atoms with Crippen molar-refractivity contribution in [2.24, 2.45) is 0 Å². The molecule has 3 aromatic rings. The average molecular weight is 321 g/mol. The number of halogens is 1. The van der Waals surface area contributed by atoms with Gasteiger partial charge in [-0.05, 0) is 5.56 Å². The number of hydrogen-bond donors (Lipinski definition) is 1. The smallest absolute Gasteiger partial charge is 0.413 e. The summed E-state index contributed by atoms with van der Waals surface area (Å²) < 4.78 is 5.10. The second-order valence-corrected chi connectivity index (χ2v) is 5.39. The van der Waals surface area contributed by atoms with Gasteiger partial charge in [-0.25, -0.2) is 14.8 Å². The van der Waals surface area contributed by atoms with E-state index in [2.05, 4.69) is 20.3 Å². The van der Waals surface area contributed by atoms with Crippen LogP contribution >= 0.6 is 22.9 Å². The lowest BCUT2D eigenvalue weighted by molar-refractivity contribution is 0.155. The predicted octanol–water partition coefficient (Wildman–Crippen LogP) is 3.49. The normalized spacial score (nSPS) is 10.5. The van der Waals surface area contributed by atoms with E-state index < -0.39 is 6.09 Å². The Morgan fingerprint density at radius 2 is 2.10 bits per heavy atom. The topological polar surface area (TPSA) is 77.0 Å². The van der Waals surface area contributed by atoms with Crippen molar-refractivity contribution in [2.75, 3.05) is 5.32 Å². The molecule has 106 valence electrons. The summed E-state index contributed by atoms with van der Waals surface area (Å²) in [5.74, 6) is 0. The lowest BCUT2D eigenvalue weighted by atomic mass is 10.2. The lowest BCUT2D eigenvalue weighted by Crippen LogP contribution is -2.13. The molecule has 0 aliphatic heterocycles. The number of amides is 1. The summed E-state index contributed by atoms with van der Waals surface area (Å²) in [6.07, 6.45) is 0.824. The Balaban J connectivity index is 1.63. The largest absolute Gasteiger partial charge is 0.444 e. The van der Waals surface area contributed by atoms with E-state index in [1.807, 2.05) is 30.3 Å². The zero-order chi connectivity index (χ0) is 14.7. The summed E-state index contributed by atoms with van der Waals surface area (Å²) in [5, 5.41) is 3.19. The fourth-order valence-electron chi connectivity index (χ4n) is 1.60. The fraction of sp³-hybridized carbons (Fsp3) is 0.0769. The molecule has 2 heterocycles. The van der Waals surface area contributed by atoms with Crippen LogP contribution < -0.4 is 5.32 Å². The molecule has 0 spiro atoms. The van der Waals surface area contributed by atoms with Crippen LogP contribution in [0, 0.1) is 0 Å². The quantitative estimate of drug-likeness (QED) is 0.799. The standard InChI is InChI=1S/C13H9ClN4O2S/c14-9-6-15-10-11(16-9)21-12(17-10)18-13(19)20-7-8-4-2-1-3-5-8/h1-6H,7H2,(H,15,17,18,19). The number of rotatable bonds is 3. The van der Waals surface area contributed by atoms with Crippen LogP contribution in [0.15, 0.2) is 36.5 Å². The molecule has 0 saturated heterocycles. The number of nitrogens with zero attached hydrogens (tertiary/aromatic N) is 3. The van der Waals surface area contributed by atoms with E-state index >= 15 is 0 Å². The molecule has 1 N–H and O–H groups in total. The van der Waals surface area contributed by atoms with Gasteiger partial charge in [-0.3, -0.25) is 5.32 Å². The van der Waals surface area contributed by atoms with Crippen LogP contribution in [-0.2, 0) is 11.3 Å². The summed E-state index contributed by atoms with van der Waals surface area (Å²) in [5.41, 5.74) is 1.34. The Morgan fingerprint density at radius 1 is 1.29 bits per heavy atom. The third-order valence-corrected chi connectivity index (χ3v) is 3.55. The Labute approximate surface area is 128 Å². The van der Waals surface area contributed by atoms with Crippen molar-refractivity contribution in [3.8, 4) is 0 Å². The predicted molar refractivity (Wildman–Crippen MR) is 80.5 cm³/mol. The molecule has 3 rings (SSSR count). The lowest BCUT2D eigenvalue weighted by Gasteiger charge is -2.04. The highest BCUT2D eigenvalue weighted by atomic mass is 35.5. The van der Waals surface area contributed by atoms with Crippen LogP contribution in [0.4, 0.5) is 9.93 Å². The molecule has 0 unspecified atom stereocenters. The maximum absolute atomic E-state index is 11.7. The number of carbonyl (C=O) groups is 1. The number of hydrogen-bond acceptors (Lipinski definition) is 6. The van der Waals surface area contributed by atoms with E-state index in [4.69, 9.17) is 16.3 Å². The second kappa shape index (κ2) is 6.02. The van der Waals surface area contributed by atoms with Gasteiger partial charge in [0.15, 0.2) is 15.6 Å². The van der Waals surface area contributed by atoms with Crippen LogP contribution in [0.2, 0.25) is 5.15 Å². The molecule has 1 amide bonds. The van der Waals surface area contributed by atoms with Crippen LogP contribution in [0.5, 0.6) is 0 Å². The van der Waals surface area contributed by atoms with Crippen molar-refractivity contribution < 1.29 is 9.53 Å². The summed E-state index contributed by atoms with van der Waals surface area (Å²) in [7, 11) is 0. The first kappa shape index (κ1) is 13.7. The minimum Gasteiger partial charge on any atom is -0.444 e. The summed E-state index contributed by atoms with van der Waals surface area (Å²) in [6, 6.07) is 9.41. The molecular weight excluding hydrogens is 312 g/mol. The molecule has 0 bridgehead atoms. The number of nitrogens with one attached hydrogen (secondary N) is 1. The Kier molecular flexibility index (Phi) is 3.94. The van der Waals surface area contributed by atoms with E-state index in [1.165, 1.54) is 17.5 Å². The number of ether oxygens (including phenoxy) is 1. The number of carbonyl (C=O) groups excluding carboxylic acids is 1. The van der Waals surface area contributed by atoms with Crippen LogP contribution in [0.25, 0.3) is 10.5 Å². The van der Waals surface area contributed by atoms with Gasteiger partial charge in [0.2, 0.25) is 0 Å². The van der Waals surface area contributed by atoms with Crippen molar-refractivity contribution in [3.05, 3.63) is 47.2 Å². The fourth-order valence-corrected chi connectivity index (χ4v) is 2.57. The van der Waals surface area contributed by atoms with Crippen molar-refractivity contribution in [1.29, 1.82) is 0 Å². The monoisotopic (exact) mass is 320 g/mol. The van der Waals surface area contributed by atoms with Crippen molar-refractivity contribution in [2.45, 2.75) is 6.61 Å². The minimum absolute atomic E-state index is 0.194. The molecule has 8 heteroatoms. The minimum atomic E-state index is -0.580. The molecule has 0 aliphatic carbocycles. The van der Waals surface area contributed by atoms with Crippen molar-refractivity contribution >= 4 is 44.6 Å². The van der Waals surface area contributed by atoms with E-state index in [1.54, 1.807) is 0 Å². The number of aromatic nitrogens is 3. The van der Waals surface area contributed by atoms with Gasteiger partial charge < -0.3 is 4.74 Å². The number of fused-ring (bicyclic) bond motifs is 1. The van der Waals surface area contributed by atoms with Crippen molar-refractivity contribution in [1.82, 2.24) is 15.0 Å². The molecule has 2 aromatic heterocycles. The van der Waals surface area contributed by atoms with Gasteiger partial charge >= 0.3 is 6.09 Å². The molecule has 1 aromatic carbocycles. The SMILES string of the molecule is O=C(Nc1nc2ncc(Cl)nc2s1)OCc1ccccc1. The van der Waals surface area contributed by atoms with E-state index in [9.17, 15) is 4.79 Å². The Bertz CT molecular complexity index is 778. The zero-order valence-corrected chi connectivity index (χ0v) is 12.2. The Morgan fingerprint density at radius 3 is 2.90 bits per heavy atom. The zero-order valence-electron chi connectivity index (χ0n) is 10.6. The number of thiazole rings is 1. The highest BCUT2D eigenvalue weighted by molar-refractivity contribution is 7.21. The Hall–Kier alpha value is -2.25. The summed E-state index contributed by atoms with van der Waals surface area (Å²) in [4.78, 5) is 24.5. The van der Waals surface area contributed by atoms with Gasteiger partial charge in [0.05, 0.1) is 6.20 Å². The van der Waals surface area contributed by atoms with Gasteiger partial charge in [0, 0.05) is 0 Å². The second-order valence-electron chi connectivity index (χ2n) is 4.03. The number of anilines is 1. The average Bonchev–Trinajstić information content (AvgIpc) is 2.87.